The summed E-state index contributed by atoms with van der Waals surface area (Å²) < 4.78 is 13.1. The van der Waals surface area contributed by atoms with Gasteiger partial charge in [-0.15, -0.1) is 0 Å². The largest absolute Gasteiger partial charge is 0.323 e. The zero-order chi connectivity index (χ0) is 13.8. The van der Waals surface area contributed by atoms with Crippen molar-refractivity contribution in [2.75, 3.05) is 5.32 Å². The summed E-state index contributed by atoms with van der Waals surface area (Å²) in [5, 5.41) is 2.77. The number of anilines is 1. The second-order valence-corrected chi connectivity index (χ2v) is 4.41. The Hall–Kier alpha value is -1.91. The van der Waals surface area contributed by atoms with Crippen LogP contribution in [0.25, 0.3) is 0 Å². The van der Waals surface area contributed by atoms with Gasteiger partial charge in [0.1, 0.15) is 11.9 Å². The highest BCUT2D eigenvalue weighted by Crippen LogP contribution is 2.23. The smallest absolute Gasteiger partial charge is 0.245 e. The standard InChI is InChI=1S/C14H12ClFN2O/c15-11-7-6-10(16)8-12(11)18-14(19)13(17)9-4-2-1-3-5-9/h1-8,13H,17H2,(H,18,19)/t13-/m1/s1. The van der Waals surface area contributed by atoms with Crippen molar-refractivity contribution in [1.82, 2.24) is 0 Å². The third-order valence-corrected chi connectivity index (χ3v) is 2.96. The molecular formula is C14H12ClFN2O. The lowest BCUT2D eigenvalue weighted by molar-refractivity contribution is -0.117. The van der Waals surface area contributed by atoms with E-state index in [2.05, 4.69) is 5.32 Å². The van der Waals surface area contributed by atoms with E-state index in [9.17, 15) is 9.18 Å². The summed E-state index contributed by atoms with van der Waals surface area (Å²) >= 11 is 5.87. The topological polar surface area (TPSA) is 55.1 Å². The molecule has 0 unspecified atom stereocenters. The van der Waals surface area contributed by atoms with Crippen LogP contribution < -0.4 is 11.1 Å². The van der Waals surface area contributed by atoms with E-state index in [1.54, 1.807) is 24.3 Å². The molecule has 5 heteroatoms. The van der Waals surface area contributed by atoms with Crippen LogP contribution in [0.3, 0.4) is 0 Å². The number of hydrogen-bond donors (Lipinski definition) is 2. The molecule has 98 valence electrons. The fourth-order valence-corrected chi connectivity index (χ4v) is 1.78. The van der Waals surface area contributed by atoms with E-state index in [-0.39, 0.29) is 10.7 Å². The average Bonchev–Trinajstić information content (AvgIpc) is 2.43. The maximum Gasteiger partial charge on any atom is 0.245 e. The second kappa shape index (κ2) is 5.82. The van der Waals surface area contributed by atoms with Crippen LogP contribution in [0.15, 0.2) is 48.5 Å². The number of halogens is 2. The Morgan fingerprint density at radius 2 is 1.89 bits per heavy atom. The monoisotopic (exact) mass is 278 g/mol. The normalized spacial score (nSPS) is 11.9. The molecule has 1 atom stereocenters. The molecule has 2 aromatic carbocycles. The van der Waals surface area contributed by atoms with E-state index in [0.29, 0.717) is 5.56 Å². The molecule has 0 fully saturated rings. The van der Waals surface area contributed by atoms with Gasteiger partial charge in [0.05, 0.1) is 10.7 Å². The molecule has 2 rings (SSSR count). The summed E-state index contributed by atoms with van der Waals surface area (Å²) in [5.74, 6) is -0.924. The number of nitrogens with one attached hydrogen (secondary N) is 1. The van der Waals surface area contributed by atoms with E-state index >= 15 is 0 Å². The molecule has 0 bridgehead atoms. The van der Waals surface area contributed by atoms with Gasteiger partial charge in [-0.1, -0.05) is 41.9 Å². The Bertz CT molecular complexity index is 589. The van der Waals surface area contributed by atoms with Crippen LogP contribution >= 0.6 is 11.6 Å². The Balaban J connectivity index is 2.15. The van der Waals surface area contributed by atoms with Gasteiger partial charge < -0.3 is 11.1 Å². The Morgan fingerprint density at radius 3 is 2.58 bits per heavy atom. The lowest BCUT2D eigenvalue weighted by atomic mass is 10.1. The number of nitrogens with two attached hydrogens (primary N) is 1. The highest BCUT2D eigenvalue weighted by atomic mass is 35.5. The molecule has 1 amide bonds. The summed E-state index contributed by atoms with van der Waals surface area (Å²) in [6.45, 7) is 0. The molecule has 0 saturated carbocycles. The van der Waals surface area contributed by atoms with Crippen molar-refractivity contribution in [3.05, 3.63) is 64.9 Å². The fraction of sp³-hybridized carbons (Fsp3) is 0.0714. The quantitative estimate of drug-likeness (QED) is 0.906. The molecule has 0 aliphatic carbocycles. The Labute approximate surface area is 115 Å². The lowest BCUT2D eigenvalue weighted by Crippen LogP contribution is -2.27. The molecule has 2 aromatic rings. The van der Waals surface area contributed by atoms with Gasteiger partial charge >= 0.3 is 0 Å². The van der Waals surface area contributed by atoms with E-state index in [4.69, 9.17) is 17.3 Å². The van der Waals surface area contributed by atoms with Crippen LogP contribution in [0.4, 0.5) is 10.1 Å². The van der Waals surface area contributed by atoms with Gasteiger partial charge in [0.2, 0.25) is 5.91 Å². The van der Waals surface area contributed by atoms with Crippen LogP contribution in [-0.4, -0.2) is 5.91 Å². The number of benzene rings is 2. The molecule has 0 saturated heterocycles. The van der Waals surface area contributed by atoms with Gasteiger partial charge in [-0.25, -0.2) is 4.39 Å². The van der Waals surface area contributed by atoms with Crippen molar-refractivity contribution in [3.63, 3.8) is 0 Å². The molecule has 3 nitrogen and oxygen atoms in total. The van der Waals surface area contributed by atoms with E-state index in [1.165, 1.54) is 12.1 Å². The van der Waals surface area contributed by atoms with Crippen molar-refractivity contribution in [1.29, 1.82) is 0 Å². The minimum Gasteiger partial charge on any atom is -0.323 e. The van der Waals surface area contributed by atoms with Gasteiger partial charge in [-0.3, -0.25) is 4.79 Å². The molecule has 0 spiro atoms. The first-order chi connectivity index (χ1) is 9.08. The fourth-order valence-electron chi connectivity index (χ4n) is 1.62. The van der Waals surface area contributed by atoms with Gasteiger partial charge in [0.25, 0.3) is 0 Å². The molecule has 0 heterocycles. The van der Waals surface area contributed by atoms with Gasteiger partial charge in [-0.05, 0) is 23.8 Å². The van der Waals surface area contributed by atoms with Gasteiger partial charge in [0, 0.05) is 0 Å². The predicted octanol–water partition coefficient (Wildman–Crippen LogP) is 3.12. The van der Waals surface area contributed by atoms with Crippen molar-refractivity contribution >= 4 is 23.2 Å². The van der Waals surface area contributed by atoms with E-state index < -0.39 is 17.8 Å². The Kier molecular flexibility index (Phi) is 4.14. The van der Waals surface area contributed by atoms with Crippen LogP contribution in [0.5, 0.6) is 0 Å². The summed E-state index contributed by atoms with van der Waals surface area (Å²) in [5.41, 5.74) is 6.71. The molecule has 0 aromatic heterocycles. The first-order valence-electron chi connectivity index (χ1n) is 5.64. The van der Waals surface area contributed by atoms with Crippen LogP contribution in [0.2, 0.25) is 5.02 Å². The first kappa shape index (κ1) is 13.5. The Morgan fingerprint density at radius 1 is 1.21 bits per heavy atom. The van der Waals surface area contributed by atoms with E-state index in [1.807, 2.05) is 6.07 Å². The molecule has 0 aliphatic rings. The molecule has 0 radical (unpaired) electrons. The number of hydrogen-bond acceptors (Lipinski definition) is 2. The summed E-state index contributed by atoms with van der Waals surface area (Å²) in [6, 6.07) is 11.8. The van der Waals surface area contributed by atoms with Crippen molar-refractivity contribution in [2.45, 2.75) is 6.04 Å². The van der Waals surface area contributed by atoms with E-state index in [0.717, 1.165) is 6.07 Å². The summed E-state index contributed by atoms with van der Waals surface area (Å²) in [7, 11) is 0. The summed E-state index contributed by atoms with van der Waals surface area (Å²) in [6.07, 6.45) is 0. The van der Waals surface area contributed by atoms with Crippen LogP contribution in [0, 0.1) is 5.82 Å². The minimum absolute atomic E-state index is 0.207. The van der Waals surface area contributed by atoms with Crippen molar-refractivity contribution < 1.29 is 9.18 Å². The SMILES string of the molecule is N[C@@H](C(=O)Nc1cc(F)ccc1Cl)c1ccccc1. The lowest BCUT2D eigenvalue weighted by Gasteiger charge is -2.13. The molecule has 0 aliphatic heterocycles. The van der Waals surface area contributed by atoms with Gasteiger partial charge in [-0.2, -0.15) is 0 Å². The molecule has 3 N–H and O–H groups in total. The number of rotatable bonds is 3. The van der Waals surface area contributed by atoms with Crippen LogP contribution in [0.1, 0.15) is 11.6 Å². The van der Waals surface area contributed by atoms with Crippen molar-refractivity contribution in [3.8, 4) is 0 Å². The van der Waals surface area contributed by atoms with Crippen molar-refractivity contribution in [2.24, 2.45) is 5.73 Å². The third-order valence-electron chi connectivity index (χ3n) is 2.63. The first-order valence-corrected chi connectivity index (χ1v) is 6.02. The number of amides is 1. The molecular weight excluding hydrogens is 267 g/mol. The third kappa shape index (κ3) is 3.30. The summed E-state index contributed by atoms with van der Waals surface area (Å²) in [4.78, 5) is 12.0. The molecule has 19 heavy (non-hydrogen) atoms. The highest BCUT2D eigenvalue weighted by Gasteiger charge is 2.16. The average molecular weight is 279 g/mol. The number of carbonyl (C=O) groups is 1. The van der Waals surface area contributed by atoms with Gasteiger partial charge in [0.15, 0.2) is 0 Å². The highest BCUT2D eigenvalue weighted by molar-refractivity contribution is 6.33. The number of carbonyl (C=O) groups excluding carboxylic acids is 1. The maximum absolute atomic E-state index is 13.1. The second-order valence-electron chi connectivity index (χ2n) is 4.00. The van der Waals surface area contributed by atoms with Crippen LogP contribution in [-0.2, 0) is 4.79 Å². The zero-order valence-corrected chi connectivity index (χ0v) is 10.7. The minimum atomic E-state index is -0.833. The predicted molar refractivity (Wildman–Crippen MR) is 73.4 cm³/mol. The maximum atomic E-state index is 13.1. The zero-order valence-electron chi connectivity index (χ0n) is 9.94.